The number of rotatable bonds is 6. The Morgan fingerprint density at radius 2 is 1.67 bits per heavy atom. The summed E-state index contributed by atoms with van der Waals surface area (Å²) in [7, 11) is 0. The van der Waals surface area contributed by atoms with Gasteiger partial charge in [0.25, 0.3) is 0 Å². The molecule has 0 aliphatic heterocycles. The van der Waals surface area contributed by atoms with Gasteiger partial charge in [0.2, 0.25) is 5.95 Å². The molecule has 0 unspecified atom stereocenters. The molecule has 0 aliphatic rings. The zero-order valence-electron chi connectivity index (χ0n) is 14.4. The van der Waals surface area contributed by atoms with Gasteiger partial charge in [-0.3, -0.25) is 0 Å². The van der Waals surface area contributed by atoms with Crippen molar-refractivity contribution in [3.05, 3.63) is 66.4 Å². The van der Waals surface area contributed by atoms with Gasteiger partial charge in [-0.1, -0.05) is 30.3 Å². The molecule has 2 aromatic carbocycles. The molecule has 1 heterocycles. The highest BCUT2D eigenvalue weighted by molar-refractivity contribution is 5.67. The molecular weight excluding hydrogens is 357 g/mol. The number of ether oxygens (including phenoxy) is 1. The molecule has 0 saturated carbocycles. The zero-order valence-corrected chi connectivity index (χ0v) is 14.4. The molecular formula is C19H17F3N4O. The maximum absolute atomic E-state index is 13.4. The Kier molecular flexibility index (Phi) is 5.44. The Hall–Kier alpha value is -3.29. The summed E-state index contributed by atoms with van der Waals surface area (Å²) in [6, 6.07) is 15.7. The van der Waals surface area contributed by atoms with Crippen molar-refractivity contribution in [1.29, 1.82) is 0 Å². The highest BCUT2D eigenvalue weighted by Gasteiger charge is 2.35. The number of hydrogen-bond donors (Lipinski definition) is 2. The van der Waals surface area contributed by atoms with E-state index in [0.29, 0.717) is 23.7 Å². The van der Waals surface area contributed by atoms with Crippen LogP contribution in [0.4, 0.5) is 36.3 Å². The van der Waals surface area contributed by atoms with Crippen molar-refractivity contribution in [2.75, 3.05) is 17.2 Å². The van der Waals surface area contributed by atoms with E-state index in [-0.39, 0.29) is 11.8 Å². The van der Waals surface area contributed by atoms with Gasteiger partial charge in [-0.25, -0.2) is 4.98 Å². The molecule has 0 saturated heterocycles. The van der Waals surface area contributed by atoms with Crippen LogP contribution in [-0.2, 0) is 6.18 Å². The Morgan fingerprint density at radius 3 is 2.37 bits per heavy atom. The number of hydrogen-bond acceptors (Lipinski definition) is 5. The van der Waals surface area contributed by atoms with Crippen molar-refractivity contribution in [2.24, 2.45) is 0 Å². The third kappa shape index (κ3) is 4.66. The summed E-state index contributed by atoms with van der Waals surface area (Å²) in [5, 5.41) is 5.61. The molecule has 0 bridgehead atoms. The van der Waals surface area contributed by atoms with E-state index in [1.54, 1.807) is 55.5 Å². The average molecular weight is 374 g/mol. The van der Waals surface area contributed by atoms with E-state index in [1.807, 2.05) is 6.07 Å². The van der Waals surface area contributed by atoms with Crippen LogP contribution in [0.25, 0.3) is 0 Å². The summed E-state index contributed by atoms with van der Waals surface area (Å²) in [6.07, 6.45) is -3.85. The monoisotopic (exact) mass is 374 g/mol. The minimum atomic E-state index is -4.60. The minimum Gasteiger partial charge on any atom is -0.492 e. The van der Waals surface area contributed by atoms with Gasteiger partial charge >= 0.3 is 6.18 Å². The molecule has 0 radical (unpaired) electrons. The normalized spacial score (nSPS) is 11.1. The summed E-state index contributed by atoms with van der Waals surface area (Å²) in [4.78, 5) is 7.81. The Labute approximate surface area is 154 Å². The van der Waals surface area contributed by atoms with Crippen LogP contribution >= 0.6 is 0 Å². The van der Waals surface area contributed by atoms with Crippen molar-refractivity contribution < 1.29 is 17.9 Å². The third-order valence-electron chi connectivity index (χ3n) is 3.56. The predicted octanol–water partition coefficient (Wildman–Crippen LogP) is 5.38. The van der Waals surface area contributed by atoms with Crippen LogP contribution in [0.2, 0.25) is 0 Å². The number of aromatic nitrogens is 2. The average Bonchev–Trinajstić information content (AvgIpc) is 2.64. The standard InChI is InChI=1S/C19H17F3N4O/c1-2-27-16-11-7-6-10-15(16)25-17-14(19(20,21)22)12-23-18(26-17)24-13-8-4-3-5-9-13/h3-12H,2H2,1H3,(H2,23,24,25,26). The van der Waals surface area contributed by atoms with Crippen molar-refractivity contribution in [1.82, 2.24) is 9.97 Å². The lowest BCUT2D eigenvalue weighted by Crippen LogP contribution is -2.13. The fraction of sp³-hybridized carbons (Fsp3) is 0.158. The van der Waals surface area contributed by atoms with Gasteiger partial charge in [0.1, 0.15) is 17.1 Å². The number of nitrogens with one attached hydrogen (secondary N) is 2. The molecule has 0 spiro atoms. The molecule has 5 nitrogen and oxygen atoms in total. The lowest BCUT2D eigenvalue weighted by molar-refractivity contribution is -0.137. The maximum Gasteiger partial charge on any atom is 0.421 e. The van der Waals surface area contributed by atoms with E-state index in [1.165, 1.54) is 0 Å². The lowest BCUT2D eigenvalue weighted by Gasteiger charge is -2.16. The molecule has 3 aromatic rings. The van der Waals surface area contributed by atoms with E-state index in [2.05, 4.69) is 20.6 Å². The Bertz CT molecular complexity index is 901. The Morgan fingerprint density at radius 1 is 0.963 bits per heavy atom. The van der Waals surface area contributed by atoms with Gasteiger partial charge in [0.15, 0.2) is 0 Å². The van der Waals surface area contributed by atoms with Crippen LogP contribution in [0.15, 0.2) is 60.8 Å². The van der Waals surface area contributed by atoms with Crippen molar-refractivity contribution in [2.45, 2.75) is 13.1 Å². The summed E-state index contributed by atoms with van der Waals surface area (Å²) >= 11 is 0. The van der Waals surface area contributed by atoms with Crippen LogP contribution in [0, 0.1) is 0 Å². The SMILES string of the molecule is CCOc1ccccc1Nc1nc(Nc2ccccc2)ncc1C(F)(F)F. The van der Waals surface area contributed by atoms with Crippen LogP contribution in [0.1, 0.15) is 12.5 Å². The molecule has 140 valence electrons. The largest absolute Gasteiger partial charge is 0.492 e. The second-order valence-electron chi connectivity index (χ2n) is 5.50. The first-order valence-corrected chi connectivity index (χ1v) is 8.22. The van der Waals surface area contributed by atoms with E-state index >= 15 is 0 Å². The molecule has 1 aromatic heterocycles. The second-order valence-corrected chi connectivity index (χ2v) is 5.50. The minimum absolute atomic E-state index is 0.0468. The van der Waals surface area contributed by atoms with E-state index in [9.17, 15) is 13.2 Å². The summed E-state index contributed by atoms with van der Waals surface area (Å²) in [5.74, 6) is 0.123. The number of alkyl halides is 3. The van der Waals surface area contributed by atoms with Gasteiger partial charge < -0.3 is 15.4 Å². The topological polar surface area (TPSA) is 59.1 Å². The number of halogens is 3. The number of nitrogens with zero attached hydrogens (tertiary/aromatic N) is 2. The van der Waals surface area contributed by atoms with Crippen LogP contribution in [0.3, 0.4) is 0 Å². The smallest absolute Gasteiger partial charge is 0.421 e. The number of para-hydroxylation sites is 3. The van der Waals surface area contributed by atoms with Gasteiger partial charge in [-0.05, 0) is 31.2 Å². The first-order valence-electron chi connectivity index (χ1n) is 8.22. The molecule has 8 heteroatoms. The highest BCUT2D eigenvalue weighted by Crippen LogP contribution is 2.37. The van der Waals surface area contributed by atoms with E-state index < -0.39 is 11.7 Å². The van der Waals surface area contributed by atoms with Crippen LogP contribution in [-0.4, -0.2) is 16.6 Å². The number of anilines is 4. The van der Waals surface area contributed by atoms with E-state index in [0.717, 1.165) is 6.20 Å². The fourth-order valence-corrected chi connectivity index (χ4v) is 2.37. The summed E-state index contributed by atoms with van der Waals surface area (Å²) in [5.41, 5.74) is 0.0829. The molecule has 3 rings (SSSR count). The Balaban J connectivity index is 1.97. The van der Waals surface area contributed by atoms with Crippen molar-refractivity contribution in [3.8, 4) is 5.75 Å². The number of benzene rings is 2. The molecule has 2 N–H and O–H groups in total. The van der Waals surface area contributed by atoms with Gasteiger partial charge in [0.05, 0.1) is 12.3 Å². The van der Waals surface area contributed by atoms with Gasteiger partial charge in [-0.2, -0.15) is 18.2 Å². The molecule has 0 fully saturated rings. The second kappa shape index (κ2) is 7.94. The quantitative estimate of drug-likeness (QED) is 0.606. The first-order chi connectivity index (χ1) is 13.0. The van der Waals surface area contributed by atoms with Crippen molar-refractivity contribution >= 4 is 23.1 Å². The van der Waals surface area contributed by atoms with Crippen molar-refractivity contribution in [3.63, 3.8) is 0 Å². The molecule has 27 heavy (non-hydrogen) atoms. The van der Waals surface area contributed by atoms with Crippen LogP contribution in [0.5, 0.6) is 5.75 Å². The molecule has 0 atom stereocenters. The van der Waals surface area contributed by atoms with Gasteiger partial charge in [-0.15, -0.1) is 0 Å². The lowest BCUT2D eigenvalue weighted by atomic mass is 10.2. The van der Waals surface area contributed by atoms with Gasteiger partial charge in [0, 0.05) is 11.9 Å². The zero-order chi connectivity index (χ0) is 19.3. The molecule has 0 aliphatic carbocycles. The van der Waals surface area contributed by atoms with Crippen LogP contribution < -0.4 is 15.4 Å². The summed E-state index contributed by atoms with van der Waals surface area (Å²) in [6.45, 7) is 2.18. The maximum atomic E-state index is 13.4. The third-order valence-corrected chi connectivity index (χ3v) is 3.56. The predicted molar refractivity (Wildman–Crippen MR) is 97.7 cm³/mol. The fourth-order valence-electron chi connectivity index (χ4n) is 2.37. The molecule has 0 amide bonds. The van der Waals surface area contributed by atoms with E-state index in [4.69, 9.17) is 4.74 Å². The first kappa shape index (κ1) is 18.5. The highest BCUT2D eigenvalue weighted by atomic mass is 19.4. The summed E-state index contributed by atoms with van der Waals surface area (Å²) < 4.78 is 45.6.